The van der Waals surface area contributed by atoms with E-state index in [1.165, 1.54) is 0 Å². The van der Waals surface area contributed by atoms with Gasteiger partial charge in [0, 0.05) is 31.9 Å². The van der Waals surface area contributed by atoms with Gasteiger partial charge in [-0.1, -0.05) is 0 Å². The Hall–Kier alpha value is -1.60. The molecule has 1 unspecified atom stereocenters. The number of nitrogens with zero attached hydrogens (tertiary/aromatic N) is 3. The van der Waals surface area contributed by atoms with Gasteiger partial charge in [0.05, 0.1) is 5.56 Å². The van der Waals surface area contributed by atoms with E-state index < -0.39 is 0 Å². The predicted octanol–water partition coefficient (Wildman–Crippen LogP) is 1.06. The normalized spacial score (nSPS) is 20.6. The first kappa shape index (κ1) is 10.9. The molecule has 0 amide bonds. The van der Waals surface area contributed by atoms with Gasteiger partial charge in [-0.3, -0.25) is 0 Å². The van der Waals surface area contributed by atoms with Gasteiger partial charge in [0.25, 0.3) is 0 Å². The number of nitrogens with one attached hydrogen (secondary N) is 1. The number of aryl methyl sites for hydroxylation is 1. The van der Waals surface area contributed by atoms with Gasteiger partial charge in [0.1, 0.15) is 11.9 Å². The third-order valence-corrected chi connectivity index (χ3v) is 2.92. The summed E-state index contributed by atoms with van der Waals surface area (Å²) < 4.78 is 0. The molecule has 1 atom stereocenters. The SMILES string of the molecule is Cc1ccnc(N2CCNC(C)C2)c1C#N. The van der Waals surface area contributed by atoms with Gasteiger partial charge < -0.3 is 10.2 Å². The lowest BCUT2D eigenvalue weighted by Gasteiger charge is -2.33. The van der Waals surface area contributed by atoms with Crippen molar-refractivity contribution in [3.63, 3.8) is 0 Å². The Balaban J connectivity index is 2.33. The highest BCUT2D eigenvalue weighted by Crippen LogP contribution is 2.20. The highest BCUT2D eigenvalue weighted by molar-refractivity contribution is 5.57. The van der Waals surface area contributed by atoms with Crippen LogP contribution in [0.5, 0.6) is 0 Å². The number of hydrogen-bond donors (Lipinski definition) is 1. The summed E-state index contributed by atoms with van der Waals surface area (Å²) in [6.07, 6.45) is 1.78. The molecule has 1 N–H and O–H groups in total. The van der Waals surface area contributed by atoms with Gasteiger partial charge in [-0.2, -0.15) is 5.26 Å². The summed E-state index contributed by atoms with van der Waals surface area (Å²) in [5.41, 5.74) is 1.70. The number of pyridine rings is 1. The van der Waals surface area contributed by atoms with Crippen LogP contribution in [0.4, 0.5) is 5.82 Å². The van der Waals surface area contributed by atoms with Crippen LogP contribution in [0, 0.1) is 18.3 Å². The number of nitriles is 1. The lowest BCUT2D eigenvalue weighted by atomic mass is 10.1. The highest BCUT2D eigenvalue weighted by Gasteiger charge is 2.20. The van der Waals surface area contributed by atoms with E-state index in [0.29, 0.717) is 11.6 Å². The van der Waals surface area contributed by atoms with Gasteiger partial charge in [-0.05, 0) is 25.5 Å². The van der Waals surface area contributed by atoms with Crippen LogP contribution < -0.4 is 10.2 Å². The van der Waals surface area contributed by atoms with Crippen LogP contribution in [0.25, 0.3) is 0 Å². The van der Waals surface area contributed by atoms with Crippen molar-refractivity contribution in [3.8, 4) is 6.07 Å². The van der Waals surface area contributed by atoms with Gasteiger partial charge in [0.2, 0.25) is 0 Å². The monoisotopic (exact) mass is 216 g/mol. The van der Waals surface area contributed by atoms with E-state index >= 15 is 0 Å². The molecule has 4 heteroatoms. The Morgan fingerprint density at radius 3 is 3.12 bits per heavy atom. The van der Waals surface area contributed by atoms with Crippen molar-refractivity contribution in [3.05, 3.63) is 23.4 Å². The molecule has 1 aliphatic heterocycles. The zero-order valence-corrected chi connectivity index (χ0v) is 9.70. The summed E-state index contributed by atoms with van der Waals surface area (Å²) in [7, 11) is 0. The van der Waals surface area contributed by atoms with Crippen LogP contribution in [-0.2, 0) is 0 Å². The number of anilines is 1. The minimum Gasteiger partial charge on any atom is -0.353 e. The van der Waals surface area contributed by atoms with E-state index in [4.69, 9.17) is 5.26 Å². The molecule has 0 aromatic carbocycles. The van der Waals surface area contributed by atoms with Crippen LogP contribution in [-0.4, -0.2) is 30.7 Å². The number of aromatic nitrogens is 1. The van der Waals surface area contributed by atoms with Crippen LogP contribution in [0.2, 0.25) is 0 Å². The summed E-state index contributed by atoms with van der Waals surface area (Å²) in [5, 5.41) is 12.5. The molecule has 1 aromatic rings. The Morgan fingerprint density at radius 2 is 2.44 bits per heavy atom. The molecule has 16 heavy (non-hydrogen) atoms. The van der Waals surface area contributed by atoms with Crippen LogP contribution in [0.15, 0.2) is 12.3 Å². The maximum Gasteiger partial charge on any atom is 0.146 e. The summed E-state index contributed by atoms with van der Waals surface area (Å²) in [6.45, 7) is 6.87. The minimum atomic E-state index is 0.447. The molecule has 1 aliphatic rings. The Labute approximate surface area is 95.9 Å². The van der Waals surface area contributed by atoms with Gasteiger partial charge in [-0.15, -0.1) is 0 Å². The number of rotatable bonds is 1. The van der Waals surface area contributed by atoms with E-state index in [1.807, 2.05) is 13.0 Å². The van der Waals surface area contributed by atoms with Crippen LogP contribution >= 0.6 is 0 Å². The van der Waals surface area contributed by atoms with Crippen molar-refractivity contribution in [2.24, 2.45) is 0 Å². The average Bonchev–Trinajstić information content (AvgIpc) is 2.28. The van der Waals surface area contributed by atoms with Crippen LogP contribution in [0.1, 0.15) is 18.1 Å². The second-order valence-corrected chi connectivity index (χ2v) is 4.24. The summed E-state index contributed by atoms with van der Waals surface area (Å²) in [4.78, 5) is 6.53. The first-order valence-electron chi connectivity index (χ1n) is 5.56. The maximum absolute atomic E-state index is 9.16. The fourth-order valence-electron chi connectivity index (χ4n) is 2.05. The third-order valence-electron chi connectivity index (χ3n) is 2.92. The summed E-state index contributed by atoms with van der Waals surface area (Å²) >= 11 is 0. The molecule has 2 rings (SSSR count). The standard InChI is InChI=1S/C12H16N4/c1-9-3-4-15-12(11(9)7-13)16-6-5-14-10(2)8-16/h3-4,10,14H,5-6,8H2,1-2H3. The van der Waals surface area contributed by atoms with Crippen molar-refractivity contribution in [1.82, 2.24) is 10.3 Å². The summed E-state index contributed by atoms with van der Waals surface area (Å²) in [6, 6.07) is 4.58. The molecule has 0 saturated carbocycles. The van der Waals surface area contributed by atoms with Crippen molar-refractivity contribution < 1.29 is 0 Å². The van der Waals surface area contributed by atoms with E-state index in [2.05, 4.69) is 28.2 Å². The maximum atomic E-state index is 9.16. The Morgan fingerprint density at radius 1 is 1.62 bits per heavy atom. The fraction of sp³-hybridized carbons (Fsp3) is 0.500. The molecule has 0 radical (unpaired) electrons. The van der Waals surface area contributed by atoms with Crippen LogP contribution in [0.3, 0.4) is 0 Å². The number of piperazine rings is 1. The van der Waals surface area contributed by atoms with Gasteiger partial charge in [-0.25, -0.2) is 4.98 Å². The van der Waals surface area contributed by atoms with Gasteiger partial charge in [0.15, 0.2) is 0 Å². The molecule has 0 spiro atoms. The van der Waals surface area contributed by atoms with Gasteiger partial charge >= 0.3 is 0 Å². The van der Waals surface area contributed by atoms with Crippen molar-refractivity contribution >= 4 is 5.82 Å². The Bertz CT molecular complexity index is 422. The second-order valence-electron chi connectivity index (χ2n) is 4.24. The molecule has 4 nitrogen and oxygen atoms in total. The molecule has 2 heterocycles. The van der Waals surface area contributed by atoms with Crippen molar-refractivity contribution in [2.75, 3.05) is 24.5 Å². The molecule has 1 aromatic heterocycles. The smallest absolute Gasteiger partial charge is 0.146 e. The highest BCUT2D eigenvalue weighted by atomic mass is 15.2. The quantitative estimate of drug-likeness (QED) is 0.762. The zero-order chi connectivity index (χ0) is 11.5. The topological polar surface area (TPSA) is 52.0 Å². The zero-order valence-electron chi connectivity index (χ0n) is 9.70. The Kier molecular flexibility index (Phi) is 3.07. The molecule has 1 saturated heterocycles. The third kappa shape index (κ3) is 2.00. The molecule has 0 aliphatic carbocycles. The molecule has 84 valence electrons. The summed E-state index contributed by atoms with van der Waals surface area (Å²) in [5.74, 6) is 0.829. The van der Waals surface area contributed by atoms with Crippen molar-refractivity contribution in [1.29, 1.82) is 5.26 Å². The predicted molar refractivity (Wildman–Crippen MR) is 63.4 cm³/mol. The lowest BCUT2D eigenvalue weighted by molar-refractivity contribution is 0.482. The van der Waals surface area contributed by atoms with E-state index in [1.54, 1.807) is 6.20 Å². The first-order valence-corrected chi connectivity index (χ1v) is 5.56. The molecule has 1 fully saturated rings. The van der Waals surface area contributed by atoms with E-state index in [-0.39, 0.29) is 0 Å². The lowest BCUT2D eigenvalue weighted by Crippen LogP contribution is -2.49. The van der Waals surface area contributed by atoms with Crippen molar-refractivity contribution in [2.45, 2.75) is 19.9 Å². The first-order chi connectivity index (χ1) is 7.72. The van der Waals surface area contributed by atoms with E-state index in [9.17, 15) is 0 Å². The molecular formula is C12H16N4. The molecular weight excluding hydrogens is 200 g/mol. The second kappa shape index (κ2) is 4.50. The molecule has 0 bridgehead atoms. The average molecular weight is 216 g/mol. The van der Waals surface area contributed by atoms with E-state index in [0.717, 1.165) is 31.0 Å². The minimum absolute atomic E-state index is 0.447. The number of hydrogen-bond acceptors (Lipinski definition) is 4. The largest absolute Gasteiger partial charge is 0.353 e. The fourth-order valence-corrected chi connectivity index (χ4v) is 2.05.